The summed E-state index contributed by atoms with van der Waals surface area (Å²) in [6.45, 7) is 5.19. The van der Waals surface area contributed by atoms with Crippen LogP contribution in [-0.4, -0.2) is 25.5 Å². The van der Waals surface area contributed by atoms with Crippen LogP contribution < -0.4 is 5.09 Å². The van der Waals surface area contributed by atoms with E-state index in [-0.39, 0.29) is 0 Å². The zero-order chi connectivity index (χ0) is 17.8. The normalized spacial score (nSPS) is 11.2. The van der Waals surface area contributed by atoms with E-state index in [1.54, 1.807) is 0 Å². The third-order valence-corrected chi connectivity index (χ3v) is 8.34. The van der Waals surface area contributed by atoms with Crippen LogP contribution >= 0.6 is 6.19 Å². The summed E-state index contributed by atoms with van der Waals surface area (Å²) in [6.07, 6.45) is 5.07. The number of nitrogens with one attached hydrogen (secondary N) is 1. The van der Waals surface area contributed by atoms with Crippen LogP contribution in [0.15, 0.2) is 73.5 Å². The molecule has 0 aliphatic heterocycles. The Balaban J connectivity index is 1.91. The summed E-state index contributed by atoms with van der Waals surface area (Å²) in [4.78, 5) is 0. The number of rotatable bonds is 12. The SMILES string of the molecule is C=COCCCNP(=S)(CCc1ccccc1)CCc1ccccc1. The average molecular weight is 374 g/mol. The predicted molar refractivity (Wildman–Crippen MR) is 113 cm³/mol. The topological polar surface area (TPSA) is 21.3 Å². The first-order valence-electron chi connectivity index (χ1n) is 8.85. The van der Waals surface area contributed by atoms with E-state index in [4.69, 9.17) is 16.5 Å². The zero-order valence-electron chi connectivity index (χ0n) is 14.8. The third kappa shape index (κ3) is 8.00. The molecular weight excluding hydrogens is 345 g/mol. The largest absolute Gasteiger partial charge is 0.502 e. The maximum atomic E-state index is 6.12. The molecule has 0 bridgehead atoms. The van der Waals surface area contributed by atoms with E-state index in [9.17, 15) is 0 Å². The Morgan fingerprint density at radius 1 is 0.920 bits per heavy atom. The van der Waals surface area contributed by atoms with Crippen molar-refractivity contribution in [3.05, 3.63) is 84.6 Å². The summed E-state index contributed by atoms with van der Waals surface area (Å²) in [6, 6.07) is 21.3. The number of hydrogen-bond acceptors (Lipinski definition) is 2. The van der Waals surface area contributed by atoms with Gasteiger partial charge in [-0.15, -0.1) is 0 Å². The van der Waals surface area contributed by atoms with Crippen molar-refractivity contribution in [2.75, 3.05) is 25.5 Å². The van der Waals surface area contributed by atoms with E-state index in [2.05, 4.69) is 72.3 Å². The molecular formula is C21H28NOPS. The molecule has 2 aromatic rings. The van der Waals surface area contributed by atoms with Gasteiger partial charge in [0.1, 0.15) is 0 Å². The number of benzene rings is 2. The van der Waals surface area contributed by atoms with Crippen molar-refractivity contribution in [3.8, 4) is 0 Å². The minimum absolute atomic E-state index is 0.698. The van der Waals surface area contributed by atoms with Crippen LogP contribution in [0.25, 0.3) is 0 Å². The highest BCUT2D eigenvalue weighted by molar-refractivity contribution is 8.13. The Bertz CT molecular complexity index is 613. The monoisotopic (exact) mass is 373 g/mol. The Hall–Kier alpha value is -1.41. The second kappa shape index (κ2) is 11.3. The summed E-state index contributed by atoms with van der Waals surface area (Å²) in [5.41, 5.74) is 2.74. The van der Waals surface area contributed by atoms with Gasteiger partial charge in [-0.25, -0.2) is 0 Å². The van der Waals surface area contributed by atoms with Gasteiger partial charge in [0.05, 0.1) is 12.9 Å². The van der Waals surface area contributed by atoms with Crippen LogP contribution in [0.2, 0.25) is 0 Å². The second-order valence-corrected chi connectivity index (χ2v) is 11.2. The minimum atomic E-state index is -1.60. The molecule has 0 heterocycles. The Labute approximate surface area is 157 Å². The lowest BCUT2D eigenvalue weighted by molar-refractivity contribution is 0.247. The summed E-state index contributed by atoms with van der Waals surface area (Å²) in [5.74, 6) is 0. The van der Waals surface area contributed by atoms with Gasteiger partial charge < -0.3 is 4.74 Å². The first-order valence-corrected chi connectivity index (χ1v) is 12.0. The molecule has 2 aromatic carbocycles. The van der Waals surface area contributed by atoms with Crippen LogP contribution in [0.5, 0.6) is 0 Å². The van der Waals surface area contributed by atoms with Gasteiger partial charge in [-0.1, -0.05) is 79.0 Å². The van der Waals surface area contributed by atoms with Crippen molar-refractivity contribution in [1.29, 1.82) is 0 Å². The lowest BCUT2D eigenvalue weighted by Crippen LogP contribution is -2.19. The molecule has 2 rings (SSSR count). The number of ether oxygens (including phenoxy) is 1. The van der Waals surface area contributed by atoms with Gasteiger partial charge in [-0.05, 0) is 42.7 Å². The van der Waals surface area contributed by atoms with Crippen LogP contribution in [0.1, 0.15) is 17.5 Å². The Kier molecular flexibility index (Phi) is 8.96. The van der Waals surface area contributed by atoms with Crippen LogP contribution in [0, 0.1) is 0 Å². The zero-order valence-corrected chi connectivity index (χ0v) is 16.5. The van der Waals surface area contributed by atoms with Crippen molar-refractivity contribution in [2.24, 2.45) is 0 Å². The van der Waals surface area contributed by atoms with Crippen LogP contribution in [0.3, 0.4) is 0 Å². The van der Waals surface area contributed by atoms with Gasteiger partial charge in [0.2, 0.25) is 0 Å². The average Bonchev–Trinajstić information content (AvgIpc) is 2.67. The molecule has 0 amide bonds. The molecule has 0 aromatic heterocycles. The fraction of sp³-hybridized carbons (Fsp3) is 0.333. The quantitative estimate of drug-likeness (QED) is 0.321. The van der Waals surface area contributed by atoms with Gasteiger partial charge in [0.15, 0.2) is 0 Å². The molecule has 0 spiro atoms. The van der Waals surface area contributed by atoms with Crippen LogP contribution in [0.4, 0.5) is 0 Å². The molecule has 4 heteroatoms. The van der Waals surface area contributed by atoms with E-state index in [0.29, 0.717) is 6.61 Å². The second-order valence-electron chi connectivity index (χ2n) is 6.11. The maximum absolute atomic E-state index is 6.12. The number of hydrogen-bond donors (Lipinski definition) is 1. The number of aryl methyl sites for hydroxylation is 2. The molecule has 2 nitrogen and oxygen atoms in total. The van der Waals surface area contributed by atoms with Crippen molar-refractivity contribution in [1.82, 2.24) is 5.09 Å². The van der Waals surface area contributed by atoms with Gasteiger partial charge in [0.25, 0.3) is 0 Å². The van der Waals surface area contributed by atoms with E-state index in [1.807, 2.05) is 0 Å². The summed E-state index contributed by atoms with van der Waals surface area (Å²) >= 11 is 6.12. The molecule has 0 aliphatic rings. The first kappa shape index (κ1) is 19.9. The molecule has 25 heavy (non-hydrogen) atoms. The highest BCUT2D eigenvalue weighted by Gasteiger charge is 2.16. The van der Waals surface area contributed by atoms with Crippen molar-refractivity contribution >= 4 is 18.0 Å². The highest BCUT2D eigenvalue weighted by Crippen LogP contribution is 2.42. The molecule has 0 saturated carbocycles. The molecule has 0 radical (unpaired) electrons. The molecule has 0 saturated heterocycles. The fourth-order valence-corrected chi connectivity index (χ4v) is 5.87. The smallest absolute Gasteiger partial charge is 0.0885 e. The predicted octanol–water partition coefficient (Wildman–Crippen LogP) is 5.01. The lowest BCUT2D eigenvalue weighted by atomic mass is 10.2. The third-order valence-electron chi connectivity index (χ3n) is 4.17. The lowest BCUT2D eigenvalue weighted by Gasteiger charge is -2.24. The van der Waals surface area contributed by atoms with Crippen molar-refractivity contribution < 1.29 is 4.74 Å². The Morgan fingerprint density at radius 2 is 1.44 bits per heavy atom. The molecule has 0 unspecified atom stereocenters. The molecule has 0 aliphatic carbocycles. The molecule has 0 fully saturated rings. The van der Waals surface area contributed by atoms with E-state index in [0.717, 1.165) is 38.1 Å². The first-order chi connectivity index (χ1) is 12.2. The van der Waals surface area contributed by atoms with Crippen molar-refractivity contribution in [3.63, 3.8) is 0 Å². The minimum Gasteiger partial charge on any atom is -0.502 e. The van der Waals surface area contributed by atoms with E-state index >= 15 is 0 Å². The summed E-state index contributed by atoms with van der Waals surface area (Å²) < 4.78 is 5.21. The summed E-state index contributed by atoms with van der Waals surface area (Å²) in [5, 5.41) is 3.71. The summed E-state index contributed by atoms with van der Waals surface area (Å²) in [7, 11) is 0. The molecule has 1 N–H and O–H groups in total. The Morgan fingerprint density at radius 3 is 1.92 bits per heavy atom. The fourth-order valence-electron chi connectivity index (χ4n) is 2.70. The van der Waals surface area contributed by atoms with Gasteiger partial charge in [-0.3, -0.25) is 5.09 Å². The molecule has 0 atom stereocenters. The van der Waals surface area contributed by atoms with E-state index < -0.39 is 6.19 Å². The van der Waals surface area contributed by atoms with Gasteiger partial charge in [-0.2, -0.15) is 0 Å². The standard InChI is InChI=1S/C21H28NOPS/c1-2-23-17-9-16-22-24(25,18-14-20-10-5-3-6-11-20)19-15-21-12-7-4-8-13-21/h2-8,10-13H,1,9,14-19H2,(H,22,25). The van der Waals surface area contributed by atoms with Gasteiger partial charge >= 0.3 is 0 Å². The van der Waals surface area contributed by atoms with Crippen LogP contribution in [-0.2, 0) is 29.4 Å². The molecule has 134 valence electrons. The highest BCUT2D eigenvalue weighted by atomic mass is 32.4. The maximum Gasteiger partial charge on any atom is 0.0885 e. The van der Waals surface area contributed by atoms with Gasteiger partial charge in [0, 0.05) is 12.7 Å². The van der Waals surface area contributed by atoms with Crippen molar-refractivity contribution in [2.45, 2.75) is 19.3 Å². The van der Waals surface area contributed by atoms with E-state index in [1.165, 1.54) is 17.4 Å².